The van der Waals surface area contributed by atoms with Crippen LogP contribution in [-0.2, 0) is 0 Å². The minimum atomic E-state index is -4.76. The number of rotatable bonds is 4. The smallest absolute Gasteiger partial charge is 0.406 e. The number of anilines is 1. The van der Waals surface area contributed by atoms with E-state index in [0.717, 1.165) is 73.8 Å². The van der Waals surface area contributed by atoms with E-state index in [-0.39, 0.29) is 30.0 Å². The van der Waals surface area contributed by atoms with Crippen molar-refractivity contribution in [2.75, 3.05) is 51.2 Å². The molecular weight excluding hydrogens is 497 g/mol. The lowest BCUT2D eigenvalue weighted by molar-refractivity contribution is -0.274. The molecule has 2 aliphatic heterocycles. The number of benzene rings is 1. The molecule has 1 aromatic carbocycles. The van der Waals surface area contributed by atoms with Crippen molar-refractivity contribution in [2.24, 2.45) is 0 Å². The zero-order valence-corrected chi connectivity index (χ0v) is 20.6. The van der Waals surface area contributed by atoms with Gasteiger partial charge in [0.15, 0.2) is 5.65 Å². The molecule has 3 aromatic rings. The van der Waals surface area contributed by atoms with Crippen LogP contribution in [0.2, 0.25) is 0 Å². The summed E-state index contributed by atoms with van der Waals surface area (Å²) in [4.78, 5) is 31.9. The Hall–Kier alpha value is -3.05. The summed E-state index contributed by atoms with van der Waals surface area (Å²) >= 11 is 0. The number of imidazole rings is 1. The summed E-state index contributed by atoms with van der Waals surface area (Å²) in [6, 6.07) is 7.07. The van der Waals surface area contributed by atoms with Gasteiger partial charge in [0.25, 0.3) is 5.91 Å². The number of likely N-dealkylation sites (tertiary alicyclic amines) is 1. The topological polar surface area (TPSA) is 77.6 Å². The van der Waals surface area contributed by atoms with E-state index in [1.54, 1.807) is 11.1 Å². The molecule has 4 heterocycles. The van der Waals surface area contributed by atoms with Crippen LogP contribution in [-0.4, -0.2) is 83.3 Å². The molecule has 0 radical (unpaired) electrons. The summed E-state index contributed by atoms with van der Waals surface area (Å²) in [5.41, 5.74) is 3.13. The van der Waals surface area contributed by atoms with Crippen molar-refractivity contribution in [3.8, 4) is 5.75 Å². The Balaban J connectivity index is 0.00000304. The molecule has 5 rings (SSSR count). The van der Waals surface area contributed by atoms with E-state index < -0.39 is 6.36 Å². The number of hydrogen-bond acceptors (Lipinski definition) is 6. The van der Waals surface area contributed by atoms with Crippen LogP contribution < -0.4 is 9.64 Å². The molecule has 2 fully saturated rings. The second-order valence-electron chi connectivity index (χ2n) is 9.09. The maximum Gasteiger partial charge on any atom is 0.573 e. The molecule has 1 N–H and O–H groups in total. The van der Waals surface area contributed by atoms with Crippen molar-refractivity contribution in [2.45, 2.75) is 25.1 Å². The van der Waals surface area contributed by atoms with Gasteiger partial charge in [0.2, 0.25) is 5.95 Å². The Morgan fingerprint density at radius 1 is 1.03 bits per heavy atom. The Morgan fingerprint density at radius 3 is 2.33 bits per heavy atom. The van der Waals surface area contributed by atoms with Crippen LogP contribution in [0.3, 0.4) is 0 Å². The van der Waals surface area contributed by atoms with Crippen molar-refractivity contribution in [1.82, 2.24) is 24.8 Å². The number of aromatic amines is 1. The Kier molecular flexibility index (Phi) is 7.60. The molecule has 2 saturated heterocycles. The first-order valence-corrected chi connectivity index (χ1v) is 11.7. The molecule has 0 atom stereocenters. The van der Waals surface area contributed by atoms with Gasteiger partial charge in [-0.25, -0.2) is 9.97 Å². The molecule has 12 heteroatoms. The molecular formula is C24H28ClF3N6O2. The van der Waals surface area contributed by atoms with E-state index in [1.807, 2.05) is 6.07 Å². The highest BCUT2D eigenvalue weighted by Gasteiger charge is 2.31. The summed E-state index contributed by atoms with van der Waals surface area (Å²) < 4.78 is 41.0. The molecule has 2 aromatic heterocycles. The number of piperidine rings is 1. The van der Waals surface area contributed by atoms with E-state index >= 15 is 0 Å². The number of aromatic nitrogens is 3. The van der Waals surface area contributed by atoms with E-state index in [1.165, 1.54) is 12.1 Å². The van der Waals surface area contributed by atoms with Gasteiger partial charge in [-0.2, -0.15) is 0 Å². The fourth-order valence-corrected chi connectivity index (χ4v) is 4.79. The molecule has 0 bridgehead atoms. The summed E-state index contributed by atoms with van der Waals surface area (Å²) in [6.07, 6.45) is -1.41. The molecule has 2 aliphatic rings. The summed E-state index contributed by atoms with van der Waals surface area (Å²) in [5, 5.41) is 0. The molecule has 0 unspecified atom stereocenters. The van der Waals surface area contributed by atoms with Crippen LogP contribution >= 0.6 is 12.4 Å². The highest BCUT2D eigenvalue weighted by molar-refractivity contribution is 5.94. The average Bonchev–Trinajstić information content (AvgIpc) is 3.28. The number of ether oxygens (including phenoxy) is 1. The number of alkyl halides is 3. The number of hydrogen-bond donors (Lipinski definition) is 1. The molecule has 1 amide bonds. The van der Waals surface area contributed by atoms with Gasteiger partial charge in [0.05, 0.1) is 0 Å². The predicted octanol–water partition coefficient (Wildman–Crippen LogP) is 4.05. The van der Waals surface area contributed by atoms with Gasteiger partial charge in [-0.1, -0.05) is 0 Å². The number of likely N-dealkylation sites (N-methyl/N-ethyl adjacent to an activating group) is 1. The van der Waals surface area contributed by atoms with Crippen LogP contribution in [0.4, 0.5) is 19.1 Å². The first kappa shape index (κ1) is 26.0. The Morgan fingerprint density at radius 2 is 1.69 bits per heavy atom. The lowest BCUT2D eigenvalue weighted by atomic mass is 9.89. The Bertz CT molecular complexity index is 1190. The van der Waals surface area contributed by atoms with Gasteiger partial charge in [-0.05, 0) is 61.7 Å². The number of fused-ring (bicyclic) bond motifs is 1. The van der Waals surface area contributed by atoms with Gasteiger partial charge in [-0.15, -0.1) is 25.6 Å². The minimum absolute atomic E-state index is 0. The number of carbonyl (C=O) groups is 1. The van der Waals surface area contributed by atoms with Crippen LogP contribution in [0.15, 0.2) is 36.5 Å². The van der Waals surface area contributed by atoms with Crippen LogP contribution in [0.25, 0.3) is 11.2 Å². The highest BCUT2D eigenvalue weighted by atomic mass is 35.5. The summed E-state index contributed by atoms with van der Waals surface area (Å²) in [7, 11) is 2.12. The van der Waals surface area contributed by atoms with Crippen molar-refractivity contribution >= 4 is 35.4 Å². The summed E-state index contributed by atoms with van der Waals surface area (Å²) in [5.74, 6) is 0.553. The third-order valence-corrected chi connectivity index (χ3v) is 6.76. The van der Waals surface area contributed by atoms with Crippen molar-refractivity contribution in [3.63, 3.8) is 0 Å². The predicted molar refractivity (Wildman–Crippen MR) is 132 cm³/mol. The maximum atomic E-state index is 12.9. The van der Waals surface area contributed by atoms with Gasteiger partial charge in [0.1, 0.15) is 11.3 Å². The maximum absolute atomic E-state index is 12.9. The number of carbonyl (C=O) groups excluding carboxylic acids is 1. The molecule has 8 nitrogen and oxygen atoms in total. The zero-order valence-electron chi connectivity index (χ0n) is 19.8. The van der Waals surface area contributed by atoms with Gasteiger partial charge in [-0.3, -0.25) is 4.79 Å². The standard InChI is InChI=1S/C24H27F3N6O2.ClH/c1-31-12-14-33(15-13-31)23-29-20-19(6-9-28-21(20)30-23)16-7-10-32(11-8-16)22(34)17-2-4-18(5-3-17)35-24(25,26)27;/h2-6,9,16H,7-8,10-15H2,1H3,(H,28,29,30);1H. The molecule has 194 valence electrons. The lowest BCUT2D eigenvalue weighted by Crippen LogP contribution is -2.44. The Labute approximate surface area is 212 Å². The number of piperazine rings is 1. The number of H-pyrrole nitrogens is 1. The average molecular weight is 525 g/mol. The largest absolute Gasteiger partial charge is 0.573 e. The highest BCUT2D eigenvalue weighted by Crippen LogP contribution is 2.33. The van der Waals surface area contributed by atoms with E-state index in [4.69, 9.17) is 4.98 Å². The first-order valence-electron chi connectivity index (χ1n) is 11.7. The van der Waals surface area contributed by atoms with Gasteiger partial charge in [0, 0.05) is 51.0 Å². The third kappa shape index (κ3) is 5.67. The first-order chi connectivity index (χ1) is 16.8. The fraction of sp³-hybridized carbons (Fsp3) is 0.458. The van der Waals surface area contributed by atoms with Crippen LogP contribution in [0.5, 0.6) is 5.75 Å². The van der Waals surface area contributed by atoms with Gasteiger partial charge < -0.3 is 24.4 Å². The van der Waals surface area contributed by atoms with Crippen LogP contribution in [0, 0.1) is 0 Å². The molecule has 0 aliphatic carbocycles. The monoisotopic (exact) mass is 524 g/mol. The lowest BCUT2D eigenvalue weighted by Gasteiger charge is -2.32. The number of nitrogens with one attached hydrogen (secondary N) is 1. The quantitative estimate of drug-likeness (QED) is 0.555. The van der Waals surface area contributed by atoms with E-state index in [9.17, 15) is 18.0 Å². The van der Waals surface area contributed by atoms with Crippen molar-refractivity contribution < 1.29 is 22.7 Å². The van der Waals surface area contributed by atoms with E-state index in [0.29, 0.717) is 18.7 Å². The molecule has 0 saturated carbocycles. The molecule has 36 heavy (non-hydrogen) atoms. The normalized spacial score (nSPS) is 17.8. The van der Waals surface area contributed by atoms with Crippen LogP contribution in [0.1, 0.15) is 34.7 Å². The fourth-order valence-electron chi connectivity index (χ4n) is 4.79. The molecule has 0 spiro atoms. The third-order valence-electron chi connectivity index (χ3n) is 6.76. The van der Waals surface area contributed by atoms with Crippen molar-refractivity contribution in [3.05, 3.63) is 47.7 Å². The number of pyridine rings is 1. The SMILES string of the molecule is CN1CCN(c2nc3c(C4CCN(C(=O)c5ccc(OC(F)(F)F)cc5)CC4)ccnc3[nH]2)CC1.Cl. The number of amides is 1. The minimum Gasteiger partial charge on any atom is -0.406 e. The van der Waals surface area contributed by atoms with E-state index in [2.05, 4.69) is 31.6 Å². The second kappa shape index (κ2) is 10.5. The van der Waals surface area contributed by atoms with Gasteiger partial charge >= 0.3 is 6.36 Å². The number of halogens is 4. The van der Waals surface area contributed by atoms with Crippen molar-refractivity contribution in [1.29, 1.82) is 0 Å². The summed E-state index contributed by atoms with van der Waals surface area (Å²) in [6.45, 7) is 4.92. The number of nitrogens with zero attached hydrogens (tertiary/aromatic N) is 5. The zero-order chi connectivity index (χ0) is 24.6. The second-order valence-corrected chi connectivity index (χ2v) is 9.09.